The SMILES string of the molecule is C[C@H](OC(=O)c1ccc(F)cc1Br)C(=O)N(C)CCC#N. The predicted molar refractivity (Wildman–Crippen MR) is 76.8 cm³/mol. The van der Waals surface area contributed by atoms with E-state index < -0.39 is 23.8 Å². The van der Waals surface area contributed by atoms with E-state index >= 15 is 0 Å². The van der Waals surface area contributed by atoms with Gasteiger partial charge in [0.05, 0.1) is 18.1 Å². The van der Waals surface area contributed by atoms with Crippen molar-refractivity contribution in [2.45, 2.75) is 19.4 Å². The number of halogens is 2. The number of ether oxygens (including phenoxy) is 1. The standard InChI is InChI=1S/C14H14BrFN2O3/c1-9(13(19)18(2)7-3-6-17)21-14(20)11-5-4-10(16)8-12(11)15/h4-5,8-9H,3,7H2,1-2H3/t9-/m0/s1. The molecule has 0 fully saturated rings. The van der Waals surface area contributed by atoms with E-state index in [4.69, 9.17) is 10.00 Å². The summed E-state index contributed by atoms with van der Waals surface area (Å²) in [6.45, 7) is 1.71. The number of carbonyl (C=O) groups excluding carboxylic acids is 2. The van der Waals surface area contributed by atoms with E-state index in [0.717, 1.165) is 12.1 Å². The van der Waals surface area contributed by atoms with E-state index in [2.05, 4.69) is 15.9 Å². The van der Waals surface area contributed by atoms with Gasteiger partial charge in [0.25, 0.3) is 5.91 Å². The number of rotatable bonds is 5. The first kappa shape index (κ1) is 17.1. The maximum absolute atomic E-state index is 13.0. The van der Waals surface area contributed by atoms with Gasteiger partial charge < -0.3 is 9.64 Å². The van der Waals surface area contributed by atoms with Gasteiger partial charge in [-0.25, -0.2) is 9.18 Å². The summed E-state index contributed by atoms with van der Waals surface area (Å²) < 4.78 is 18.3. The lowest BCUT2D eigenvalue weighted by molar-refractivity contribution is -0.138. The van der Waals surface area contributed by atoms with Crippen LogP contribution in [0.15, 0.2) is 22.7 Å². The first-order chi connectivity index (χ1) is 9.86. The van der Waals surface area contributed by atoms with Crippen molar-refractivity contribution in [3.63, 3.8) is 0 Å². The quantitative estimate of drug-likeness (QED) is 0.760. The Balaban J connectivity index is 2.69. The van der Waals surface area contributed by atoms with Crippen LogP contribution < -0.4 is 0 Å². The normalized spacial score (nSPS) is 11.4. The van der Waals surface area contributed by atoms with Crippen LogP contribution in [0.1, 0.15) is 23.7 Å². The molecule has 0 heterocycles. The lowest BCUT2D eigenvalue weighted by atomic mass is 10.2. The molecule has 0 spiro atoms. The number of hydrogen-bond donors (Lipinski definition) is 0. The number of amides is 1. The van der Waals surface area contributed by atoms with Gasteiger partial charge in [0.2, 0.25) is 0 Å². The molecule has 21 heavy (non-hydrogen) atoms. The molecule has 0 unspecified atom stereocenters. The van der Waals surface area contributed by atoms with Crippen LogP contribution in [-0.2, 0) is 9.53 Å². The van der Waals surface area contributed by atoms with Crippen molar-refractivity contribution in [3.05, 3.63) is 34.1 Å². The van der Waals surface area contributed by atoms with Crippen LogP contribution in [0.4, 0.5) is 4.39 Å². The molecule has 0 aliphatic rings. The molecule has 0 bridgehead atoms. The Morgan fingerprint density at radius 2 is 2.19 bits per heavy atom. The molecule has 1 amide bonds. The van der Waals surface area contributed by atoms with Gasteiger partial charge in [0.15, 0.2) is 6.10 Å². The highest BCUT2D eigenvalue weighted by Crippen LogP contribution is 2.19. The first-order valence-electron chi connectivity index (χ1n) is 6.14. The van der Waals surface area contributed by atoms with Gasteiger partial charge in [-0.2, -0.15) is 5.26 Å². The molecular weight excluding hydrogens is 343 g/mol. The van der Waals surface area contributed by atoms with Crippen molar-refractivity contribution in [3.8, 4) is 6.07 Å². The topological polar surface area (TPSA) is 70.4 Å². The minimum Gasteiger partial charge on any atom is -0.449 e. The summed E-state index contributed by atoms with van der Waals surface area (Å²) in [6, 6.07) is 5.48. The number of esters is 1. The fourth-order valence-electron chi connectivity index (χ4n) is 1.57. The zero-order valence-corrected chi connectivity index (χ0v) is 13.2. The van der Waals surface area contributed by atoms with Gasteiger partial charge in [-0.3, -0.25) is 4.79 Å². The van der Waals surface area contributed by atoms with E-state index in [0.29, 0.717) is 0 Å². The smallest absolute Gasteiger partial charge is 0.340 e. The summed E-state index contributed by atoms with van der Waals surface area (Å²) in [7, 11) is 1.53. The lowest BCUT2D eigenvalue weighted by Crippen LogP contribution is -2.37. The Labute approximate surface area is 130 Å². The summed E-state index contributed by atoms with van der Waals surface area (Å²) in [4.78, 5) is 25.2. The molecule has 0 aromatic heterocycles. The van der Waals surface area contributed by atoms with Crippen molar-refractivity contribution < 1.29 is 18.7 Å². The fourth-order valence-corrected chi connectivity index (χ4v) is 2.08. The van der Waals surface area contributed by atoms with Gasteiger partial charge in [-0.15, -0.1) is 0 Å². The Morgan fingerprint density at radius 3 is 2.76 bits per heavy atom. The Kier molecular flexibility index (Phi) is 6.31. The molecular formula is C14H14BrFN2O3. The molecule has 1 aromatic carbocycles. The highest BCUT2D eigenvalue weighted by molar-refractivity contribution is 9.10. The summed E-state index contributed by atoms with van der Waals surface area (Å²) in [5, 5.41) is 8.47. The molecule has 0 N–H and O–H groups in total. The van der Waals surface area contributed by atoms with Crippen molar-refractivity contribution in [2.75, 3.05) is 13.6 Å². The molecule has 1 atom stereocenters. The number of likely N-dealkylation sites (N-methyl/N-ethyl adjacent to an activating group) is 1. The lowest BCUT2D eigenvalue weighted by Gasteiger charge is -2.20. The highest BCUT2D eigenvalue weighted by atomic mass is 79.9. The number of benzene rings is 1. The first-order valence-corrected chi connectivity index (χ1v) is 6.94. The van der Waals surface area contributed by atoms with Crippen LogP contribution in [0, 0.1) is 17.1 Å². The Morgan fingerprint density at radius 1 is 1.52 bits per heavy atom. The zero-order chi connectivity index (χ0) is 16.0. The number of carbonyl (C=O) groups is 2. The van der Waals surface area contributed by atoms with Crippen LogP contribution in [0.5, 0.6) is 0 Å². The van der Waals surface area contributed by atoms with E-state index in [-0.39, 0.29) is 23.0 Å². The predicted octanol–water partition coefficient (Wildman–Crippen LogP) is 2.51. The number of nitrogens with zero attached hydrogens (tertiary/aromatic N) is 2. The second-order valence-electron chi connectivity index (χ2n) is 4.34. The maximum Gasteiger partial charge on any atom is 0.340 e. The molecule has 1 aromatic rings. The van der Waals surface area contributed by atoms with E-state index in [1.165, 1.54) is 24.9 Å². The average molecular weight is 357 g/mol. The van der Waals surface area contributed by atoms with Crippen molar-refractivity contribution in [1.82, 2.24) is 4.90 Å². The van der Waals surface area contributed by atoms with Gasteiger partial charge in [0.1, 0.15) is 5.82 Å². The minimum absolute atomic E-state index is 0.135. The third kappa shape index (κ3) is 4.83. The summed E-state index contributed by atoms with van der Waals surface area (Å²) in [5.41, 5.74) is 0.135. The van der Waals surface area contributed by atoms with E-state index in [9.17, 15) is 14.0 Å². The van der Waals surface area contributed by atoms with Crippen molar-refractivity contribution in [1.29, 1.82) is 5.26 Å². The van der Waals surface area contributed by atoms with Crippen molar-refractivity contribution in [2.24, 2.45) is 0 Å². The third-order valence-corrected chi connectivity index (χ3v) is 3.37. The number of hydrogen-bond acceptors (Lipinski definition) is 4. The zero-order valence-electron chi connectivity index (χ0n) is 11.6. The molecule has 1 rings (SSSR count). The summed E-state index contributed by atoms with van der Waals surface area (Å²) in [5.74, 6) is -1.62. The number of nitriles is 1. The average Bonchev–Trinajstić information content (AvgIpc) is 2.43. The molecule has 112 valence electrons. The molecule has 0 saturated carbocycles. The highest BCUT2D eigenvalue weighted by Gasteiger charge is 2.23. The Hall–Kier alpha value is -1.94. The minimum atomic E-state index is -0.988. The van der Waals surface area contributed by atoms with Crippen LogP contribution in [-0.4, -0.2) is 36.5 Å². The monoisotopic (exact) mass is 356 g/mol. The molecule has 0 saturated heterocycles. The molecule has 0 aliphatic heterocycles. The van der Waals surface area contributed by atoms with E-state index in [1.54, 1.807) is 0 Å². The largest absolute Gasteiger partial charge is 0.449 e. The van der Waals surface area contributed by atoms with Crippen LogP contribution >= 0.6 is 15.9 Å². The van der Waals surface area contributed by atoms with Gasteiger partial charge in [0, 0.05) is 18.1 Å². The van der Waals surface area contributed by atoms with E-state index in [1.807, 2.05) is 6.07 Å². The fraction of sp³-hybridized carbons (Fsp3) is 0.357. The second-order valence-corrected chi connectivity index (χ2v) is 5.19. The third-order valence-electron chi connectivity index (χ3n) is 2.72. The van der Waals surface area contributed by atoms with Crippen LogP contribution in [0.3, 0.4) is 0 Å². The molecule has 7 heteroatoms. The van der Waals surface area contributed by atoms with Gasteiger partial charge in [-0.1, -0.05) is 0 Å². The molecule has 0 aliphatic carbocycles. The van der Waals surface area contributed by atoms with Gasteiger partial charge >= 0.3 is 5.97 Å². The van der Waals surface area contributed by atoms with Crippen LogP contribution in [0.2, 0.25) is 0 Å². The van der Waals surface area contributed by atoms with Crippen LogP contribution in [0.25, 0.3) is 0 Å². The summed E-state index contributed by atoms with van der Waals surface area (Å²) >= 11 is 3.07. The molecule has 0 radical (unpaired) electrons. The van der Waals surface area contributed by atoms with Gasteiger partial charge in [-0.05, 0) is 41.1 Å². The maximum atomic E-state index is 13.0. The molecule has 5 nitrogen and oxygen atoms in total. The Bertz CT molecular complexity index is 586. The van der Waals surface area contributed by atoms with Crippen molar-refractivity contribution >= 4 is 27.8 Å². The summed E-state index contributed by atoms with van der Waals surface area (Å²) in [6.07, 6.45) is -0.787. The second kappa shape index (κ2) is 7.74.